The lowest BCUT2D eigenvalue weighted by Gasteiger charge is -2.07. The molecule has 0 amide bonds. The second kappa shape index (κ2) is 8.18. The van der Waals surface area contributed by atoms with E-state index in [-0.39, 0.29) is 12.8 Å². The van der Waals surface area contributed by atoms with E-state index in [4.69, 9.17) is 32.7 Å². The van der Waals surface area contributed by atoms with Crippen molar-refractivity contribution in [1.82, 2.24) is 0 Å². The van der Waals surface area contributed by atoms with Crippen molar-refractivity contribution >= 4 is 35.1 Å². The largest absolute Gasteiger partial charge is 0.427 e. The van der Waals surface area contributed by atoms with Crippen molar-refractivity contribution in [1.29, 1.82) is 0 Å². The fraction of sp³-hybridized carbons (Fsp3) is 0.222. The lowest BCUT2D eigenvalue weighted by molar-refractivity contribution is -0.140. The SMILES string of the molecule is Cc1cc(OC(=O)CCC(=O)Oc2ccc(Cl)c(C)c2)ccc1Cl. The summed E-state index contributed by atoms with van der Waals surface area (Å²) in [7, 11) is 0. The molecule has 6 heteroatoms. The van der Waals surface area contributed by atoms with Crippen molar-refractivity contribution in [2.45, 2.75) is 26.7 Å². The summed E-state index contributed by atoms with van der Waals surface area (Å²) in [4.78, 5) is 23.6. The van der Waals surface area contributed by atoms with Crippen LogP contribution in [0.1, 0.15) is 24.0 Å². The molecule has 0 saturated carbocycles. The molecule has 126 valence electrons. The quantitative estimate of drug-likeness (QED) is 0.557. The Morgan fingerprint density at radius 2 is 1.17 bits per heavy atom. The number of halogens is 2. The number of carbonyl (C=O) groups excluding carboxylic acids is 2. The second-order valence-electron chi connectivity index (χ2n) is 5.27. The number of carbonyl (C=O) groups is 2. The number of esters is 2. The minimum Gasteiger partial charge on any atom is -0.427 e. The van der Waals surface area contributed by atoms with E-state index in [1.54, 1.807) is 36.4 Å². The minimum absolute atomic E-state index is 0.0763. The first kappa shape index (κ1) is 18.3. The van der Waals surface area contributed by atoms with Gasteiger partial charge in [0.2, 0.25) is 0 Å². The van der Waals surface area contributed by atoms with Gasteiger partial charge in [0.1, 0.15) is 11.5 Å². The number of rotatable bonds is 5. The fourth-order valence-electron chi connectivity index (χ4n) is 1.93. The highest BCUT2D eigenvalue weighted by Crippen LogP contribution is 2.22. The van der Waals surface area contributed by atoms with Crippen LogP contribution in [0.5, 0.6) is 11.5 Å². The summed E-state index contributed by atoms with van der Waals surface area (Å²) in [5, 5.41) is 1.19. The molecule has 0 saturated heterocycles. The van der Waals surface area contributed by atoms with Crippen molar-refractivity contribution in [3.05, 3.63) is 57.6 Å². The van der Waals surface area contributed by atoms with Gasteiger partial charge in [-0.3, -0.25) is 9.59 Å². The summed E-state index contributed by atoms with van der Waals surface area (Å²) in [6.45, 7) is 3.62. The molecule has 0 bridgehead atoms. The van der Waals surface area contributed by atoms with Gasteiger partial charge in [-0.05, 0) is 61.4 Å². The van der Waals surface area contributed by atoms with Crippen molar-refractivity contribution in [3.8, 4) is 11.5 Å². The van der Waals surface area contributed by atoms with E-state index in [2.05, 4.69) is 0 Å². The van der Waals surface area contributed by atoms with Gasteiger partial charge < -0.3 is 9.47 Å². The molecule has 2 aromatic rings. The molecule has 0 spiro atoms. The van der Waals surface area contributed by atoms with Crippen LogP contribution in [0, 0.1) is 13.8 Å². The molecular weight excluding hydrogens is 351 g/mol. The highest BCUT2D eigenvalue weighted by atomic mass is 35.5. The first-order valence-corrected chi connectivity index (χ1v) is 8.04. The van der Waals surface area contributed by atoms with Crippen molar-refractivity contribution in [2.75, 3.05) is 0 Å². The van der Waals surface area contributed by atoms with Crippen LogP contribution in [-0.2, 0) is 9.59 Å². The lowest BCUT2D eigenvalue weighted by Crippen LogP contribution is -2.14. The van der Waals surface area contributed by atoms with Crippen LogP contribution < -0.4 is 9.47 Å². The number of ether oxygens (including phenoxy) is 2. The molecule has 0 radical (unpaired) electrons. The lowest BCUT2D eigenvalue weighted by atomic mass is 10.2. The van der Waals surface area contributed by atoms with Gasteiger partial charge in [-0.25, -0.2) is 0 Å². The Labute approximate surface area is 150 Å². The van der Waals surface area contributed by atoms with Gasteiger partial charge in [0.05, 0.1) is 12.8 Å². The zero-order valence-corrected chi connectivity index (χ0v) is 14.8. The maximum Gasteiger partial charge on any atom is 0.311 e. The maximum absolute atomic E-state index is 11.8. The second-order valence-corrected chi connectivity index (χ2v) is 6.08. The van der Waals surface area contributed by atoms with Crippen molar-refractivity contribution in [3.63, 3.8) is 0 Å². The van der Waals surface area contributed by atoms with Crippen molar-refractivity contribution < 1.29 is 19.1 Å². The third-order valence-corrected chi connectivity index (χ3v) is 4.10. The van der Waals surface area contributed by atoms with Gasteiger partial charge in [-0.15, -0.1) is 0 Å². The molecule has 0 N–H and O–H groups in total. The van der Waals surface area contributed by atoms with E-state index in [0.717, 1.165) is 11.1 Å². The summed E-state index contributed by atoms with van der Waals surface area (Å²) in [5.41, 5.74) is 1.61. The van der Waals surface area contributed by atoms with Gasteiger partial charge in [0.25, 0.3) is 0 Å². The zero-order valence-electron chi connectivity index (χ0n) is 13.3. The van der Waals surface area contributed by atoms with Crippen LogP contribution in [0.4, 0.5) is 0 Å². The van der Waals surface area contributed by atoms with E-state index in [0.29, 0.717) is 21.5 Å². The maximum atomic E-state index is 11.8. The molecule has 0 heterocycles. The number of hydrogen-bond donors (Lipinski definition) is 0. The van der Waals surface area contributed by atoms with E-state index < -0.39 is 11.9 Å². The number of benzene rings is 2. The standard InChI is InChI=1S/C18H16Cl2O4/c1-11-9-13(3-5-15(11)19)23-17(21)7-8-18(22)24-14-4-6-16(20)12(2)10-14/h3-6,9-10H,7-8H2,1-2H3. The minimum atomic E-state index is -0.513. The highest BCUT2D eigenvalue weighted by molar-refractivity contribution is 6.31. The monoisotopic (exact) mass is 366 g/mol. The normalized spacial score (nSPS) is 10.3. The topological polar surface area (TPSA) is 52.6 Å². The summed E-state index contributed by atoms with van der Waals surface area (Å²) >= 11 is 11.8. The molecule has 0 aromatic heterocycles. The van der Waals surface area contributed by atoms with Crippen LogP contribution in [-0.4, -0.2) is 11.9 Å². The van der Waals surface area contributed by atoms with Crippen LogP contribution in [0.3, 0.4) is 0 Å². The van der Waals surface area contributed by atoms with Gasteiger partial charge in [0.15, 0.2) is 0 Å². The Kier molecular flexibility index (Phi) is 6.23. The third kappa shape index (κ3) is 5.25. The molecule has 24 heavy (non-hydrogen) atoms. The van der Waals surface area contributed by atoms with E-state index in [1.807, 2.05) is 13.8 Å². The predicted octanol–water partition coefficient (Wildman–Crippen LogP) is 4.90. The molecule has 0 fully saturated rings. The fourth-order valence-corrected chi connectivity index (χ4v) is 2.17. The van der Waals surface area contributed by atoms with E-state index in [1.165, 1.54) is 0 Å². The Hall–Kier alpha value is -2.04. The Bertz CT molecular complexity index is 706. The number of aryl methyl sites for hydroxylation is 2. The molecule has 0 atom stereocenters. The van der Waals surface area contributed by atoms with Gasteiger partial charge in [-0.2, -0.15) is 0 Å². The first-order chi connectivity index (χ1) is 11.3. The molecule has 0 aliphatic rings. The van der Waals surface area contributed by atoms with Crippen LogP contribution in [0.25, 0.3) is 0 Å². The van der Waals surface area contributed by atoms with Crippen LogP contribution in [0.15, 0.2) is 36.4 Å². The van der Waals surface area contributed by atoms with Gasteiger partial charge in [0, 0.05) is 10.0 Å². The summed E-state index contributed by atoms with van der Waals surface area (Å²) in [6.07, 6.45) is -0.153. The molecule has 0 aliphatic carbocycles. The van der Waals surface area contributed by atoms with E-state index >= 15 is 0 Å². The molecular formula is C18H16Cl2O4. The summed E-state index contributed by atoms with van der Waals surface area (Å²) < 4.78 is 10.3. The third-order valence-electron chi connectivity index (χ3n) is 3.26. The Morgan fingerprint density at radius 3 is 1.50 bits per heavy atom. The zero-order chi connectivity index (χ0) is 17.7. The van der Waals surface area contributed by atoms with Crippen LogP contribution in [0.2, 0.25) is 10.0 Å². The van der Waals surface area contributed by atoms with Crippen LogP contribution >= 0.6 is 23.2 Å². The molecule has 0 unspecified atom stereocenters. The molecule has 2 aromatic carbocycles. The summed E-state index contributed by atoms with van der Waals surface area (Å²) in [6, 6.07) is 9.82. The first-order valence-electron chi connectivity index (χ1n) is 7.29. The smallest absolute Gasteiger partial charge is 0.311 e. The highest BCUT2D eigenvalue weighted by Gasteiger charge is 2.12. The molecule has 2 rings (SSSR count). The van der Waals surface area contributed by atoms with Crippen molar-refractivity contribution in [2.24, 2.45) is 0 Å². The van der Waals surface area contributed by atoms with Gasteiger partial charge >= 0.3 is 11.9 Å². The number of hydrogen-bond acceptors (Lipinski definition) is 4. The summed E-state index contributed by atoms with van der Waals surface area (Å²) in [5.74, 6) is -0.242. The van der Waals surface area contributed by atoms with Gasteiger partial charge in [-0.1, -0.05) is 23.2 Å². The molecule has 4 nitrogen and oxygen atoms in total. The molecule has 0 aliphatic heterocycles. The average molecular weight is 367 g/mol. The predicted molar refractivity (Wildman–Crippen MR) is 92.9 cm³/mol. The Morgan fingerprint density at radius 1 is 0.792 bits per heavy atom. The van der Waals surface area contributed by atoms with E-state index in [9.17, 15) is 9.59 Å². The Balaban J connectivity index is 1.83. The average Bonchev–Trinajstić information content (AvgIpc) is 2.53.